The molecular formula is C17H16N6. The number of aryl methyl sites for hydroxylation is 1. The van der Waals surface area contributed by atoms with Crippen LogP contribution in [0.25, 0.3) is 21.9 Å². The van der Waals surface area contributed by atoms with Gasteiger partial charge in [-0.25, -0.2) is 4.98 Å². The minimum atomic E-state index is 0.652. The second kappa shape index (κ2) is 4.55. The van der Waals surface area contributed by atoms with E-state index in [4.69, 9.17) is 5.10 Å². The highest BCUT2D eigenvalue weighted by atomic mass is 15.3. The summed E-state index contributed by atoms with van der Waals surface area (Å²) in [6, 6.07) is 10.3. The second-order valence-corrected chi connectivity index (χ2v) is 6.11. The minimum Gasteiger partial charge on any atom is -0.338 e. The van der Waals surface area contributed by atoms with Crippen molar-refractivity contribution in [3.63, 3.8) is 0 Å². The minimum absolute atomic E-state index is 0.652. The molecule has 3 heterocycles. The molecule has 6 nitrogen and oxygen atoms in total. The average molecular weight is 304 g/mol. The molecule has 0 unspecified atom stereocenters. The van der Waals surface area contributed by atoms with Crippen LogP contribution in [-0.2, 0) is 7.05 Å². The number of anilines is 2. The monoisotopic (exact) mass is 304 g/mol. The number of nitrogens with one attached hydrogen (secondary N) is 2. The van der Waals surface area contributed by atoms with Crippen molar-refractivity contribution in [2.24, 2.45) is 7.05 Å². The Morgan fingerprint density at radius 3 is 3.00 bits per heavy atom. The summed E-state index contributed by atoms with van der Waals surface area (Å²) in [5.74, 6) is 1.44. The van der Waals surface area contributed by atoms with Gasteiger partial charge in [0.1, 0.15) is 0 Å². The van der Waals surface area contributed by atoms with Crippen LogP contribution in [-0.4, -0.2) is 25.0 Å². The first kappa shape index (κ1) is 12.6. The van der Waals surface area contributed by atoms with Gasteiger partial charge in [-0.2, -0.15) is 10.2 Å². The Morgan fingerprint density at radius 2 is 2.13 bits per heavy atom. The van der Waals surface area contributed by atoms with Crippen molar-refractivity contribution >= 4 is 33.4 Å². The van der Waals surface area contributed by atoms with E-state index in [9.17, 15) is 0 Å². The molecule has 6 heteroatoms. The Bertz CT molecular complexity index is 1020. The molecule has 5 rings (SSSR count). The smallest absolute Gasteiger partial charge is 0.161 e. The molecule has 1 aliphatic carbocycles. The number of benzene rings is 1. The van der Waals surface area contributed by atoms with Crippen molar-refractivity contribution in [1.29, 1.82) is 0 Å². The van der Waals surface area contributed by atoms with Crippen molar-refractivity contribution in [2.45, 2.75) is 18.8 Å². The lowest BCUT2D eigenvalue weighted by atomic mass is 10.1. The Labute approximate surface area is 132 Å². The van der Waals surface area contributed by atoms with Crippen molar-refractivity contribution in [1.82, 2.24) is 25.0 Å². The van der Waals surface area contributed by atoms with Crippen LogP contribution in [0.1, 0.15) is 24.5 Å². The molecule has 0 saturated heterocycles. The number of H-pyrrole nitrogens is 1. The van der Waals surface area contributed by atoms with E-state index in [2.05, 4.69) is 38.7 Å². The Kier molecular flexibility index (Phi) is 2.50. The summed E-state index contributed by atoms with van der Waals surface area (Å²) in [5, 5.41) is 17.6. The van der Waals surface area contributed by atoms with Crippen molar-refractivity contribution in [3.8, 4) is 0 Å². The number of aromatic amines is 1. The van der Waals surface area contributed by atoms with Gasteiger partial charge in [-0.3, -0.25) is 9.78 Å². The fourth-order valence-corrected chi connectivity index (χ4v) is 3.11. The lowest BCUT2D eigenvalue weighted by Crippen LogP contribution is -1.93. The molecule has 0 atom stereocenters. The third-order valence-electron chi connectivity index (χ3n) is 4.44. The van der Waals surface area contributed by atoms with Gasteiger partial charge in [-0.05, 0) is 43.2 Å². The zero-order chi connectivity index (χ0) is 15.4. The molecule has 1 aromatic carbocycles. The first-order chi connectivity index (χ1) is 11.3. The quantitative estimate of drug-likeness (QED) is 0.608. The molecular weight excluding hydrogens is 288 g/mol. The largest absolute Gasteiger partial charge is 0.338 e. The normalized spacial score (nSPS) is 14.7. The predicted molar refractivity (Wildman–Crippen MR) is 89.9 cm³/mol. The first-order valence-electron chi connectivity index (χ1n) is 7.82. The van der Waals surface area contributed by atoms with E-state index < -0.39 is 0 Å². The van der Waals surface area contributed by atoms with Gasteiger partial charge in [0.25, 0.3) is 0 Å². The van der Waals surface area contributed by atoms with Gasteiger partial charge in [0.05, 0.1) is 16.6 Å². The van der Waals surface area contributed by atoms with Gasteiger partial charge in [0, 0.05) is 30.2 Å². The van der Waals surface area contributed by atoms with Crippen LogP contribution >= 0.6 is 0 Å². The maximum Gasteiger partial charge on any atom is 0.161 e. The number of hydrogen-bond acceptors (Lipinski definition) is 4. The van der Waals surface area contributed by atoms with Crippen LogP contribution in [0.3, 0.4) is 0 Å². The number of aromatic nitrogens is 5. The molecule has 1 saturated carbocycles. The van der Waals surface area contributed by atoms with Gasteiger partial charge in [-0.1, -0.05) is 0 Å². The Hall–Kier alpha value is -2.89. The molecule has 114 valence electrons. The third-order valence-corrected chi connectivity index (χ3v) is 4.44. The van der Waals surface area contributed by atoms with Crippen LogP contribution < -0.4 is 5.32 Å². The van der Waals surface area contributed by atoms with Crippen LogP contribution in [0.5, 0.6) is 0 Å². The molecule has 0 amide bonds. The number of pyridine rings is 1. The highest BCUT2D eigenvalue weighted by molar-refractivity contribution is 5.91. The number of nitrogens with zero attached hydrogens (tertiary/aromatic N) is 4. The van der Waals surface area contributed by atoms with Gasteiger partial charge in [0.15, 0.2) is 11.5 Å². The second-order valence-electron chi connectivity index (χ2n) is 6.11. The van der Waals surface area contributed by atoms with Crippen LogP contribution in [0.4, 0.5) is 11.5 Å². The van der Waals surface area contributed by atoms with Gasteiger partial charge in [0.2, 0.25) is 0 Å². The summed E-state index contributed by atoms with van der Waals surface area (Å²) in [6.45, 7) is 0. The van der Waals surface area contributed by atoms with Crippen LogP contribution in [0.2, 0.25) is 0 Å². The summed E-state index contributed by atoms with van der Waals surface area (Å²) in [5.41, 5.74) is 4.17. The van der Waals surface area contributed by atoms with Gasteiger partial charge in [-0.15, -0.1) is 0 Å². The van der Waals surface area contributed by atoms with E-state index in [1.165, 1.54) is 23.9 Å². The van der Waals surface area contributed by atoms with Crippen molar-refractivity contribution in [2.75, 3.05) is 5.32 Å². The van der Waals surface area contributed by atoms with Crippen LogP contribution in [0.15, 0.2) is 36.5 Å². The average Bonchev–Trinajstić information content (AvgIpc) is 3.27. The Morgan fingerprint density at radius 1 is 1.22 bits per heavy atom. The third kappa shape index (κ3) is 1.98. The highest BCUT2D eigenvalue weighted by Gasteiger charge is 2.28. The van der Waals surface area contributed by atoms with E-state index >= 15 is 0 Å². The predicted octanol–water partition coefficient (Wildman–Crippen LogP) is 3.47. The molecule has 0 radical (unpaired) electrons. The lowest BCUT2D eigenvalue weighted by molar-refractivity contribution is 0.767. The van der Waals surface area contributed by atoms with Gasteiger partial charge >= 0.3 is 0 Å². The Balaban J connectivity index is 1.57. The molecule has 0 aliphatic heterocycles. The summed E-state index contributed by atoms with van der Waals surface area (Å²) >= 11 is 0. The highest BCUT2D eigenvalue weighted by Crippen LogP contribution is 2.42. The maximum atomic E-state index is 4.70. The molecule has 1 fully saturated rings. The molecule has 2 N–H and O–H groups in total. The molecule has 0 bridgehead atoms. The molecule has 3 aromatic heterocycles. The van der Waals surface area contributed by atoms with E-state index in [-0.39, 0.29) is 0 Å². The van der Waals surface area contributed by atoms with E-state index in [1.54, 1.807) is 6.20 Å². The van der Waals surface area contributed by atoms with Crippen molar-refractivity contribution < 1.29 is 0 Å². The lowest BCUT2D eigenvalue weighted by Gasteiger charge is -2.04. The van der Waals surface area contributed by atoms with E-state index in [0.717, 1.165) is 28.1 Å². The zero-order valence-electron chi connectivity index (χ0n) is 12.7. The number of rotatable bonds is 3. The summed E-state index contributed by atoms with van der Waals surface area (Å²) in [7, 11) is 2.01. The first-order valence-corrected chi connectivity index (χ1v) is 7.82. The summed E-state index contributed by atoms with van der Waals surface area (Å²) < 4.78 is 1.97. The van der Waals surface area contributed by atoms with Crippen LogP contribution in [0, 0.1) is 0 Å². The molecule has 0 spiro atoms. The van der Waals surface area contributed by atoms with Gasteiger partial charge < -0.3 is 5.32 Å². The van der Waals surface area contributed by atoms with E-state index in [0.29, 0.717) is 5.92 Å². The summed E-state index contributed by atoms with van der Waals surface area (Å²) in [4.78, 5) is 4.27. The molecule has 1 aliphatic rings. The van der Waals surface area contributed by atoms with Crippen molar-refractivity contribution in [3.05, 3.63) is 42.2 Å². The standard InChI is InChI=1S/C17H16N6/c1-23-14-9-11(6-7-12(14)15(22-23)10-4-5-10)19-17-13-3-2-8-18-16(13)20-21-17/h2-3,6-10H,4-5H2,1H3,(H2,18,19,20,21). The number of fused-ring (bicyclic) bond motifs is 2. The number of hydrogen-bond donors (Lipinski definition) is 2. The fraction of sp³-hybridized carbons (Fsp3) is 0.235. The fourth-order valence-electron chi connectivity index (χ4n) is 3.11. The van der Waals surface area contributed by atoms with E-state index in [1.807, 2.05) is 23.9 Å². The maximum absolute atomic E-state index is 4.70. The molecule has 4 aromatic rings. The molecule has 23 heavy (non-hydrogen) atoms. The SMILES string of the molecule is Cn1nc(C2CC2)c2ccc(Nc3n[nH]c4ncccc34)cc21. The topological polar surface area (TPSA) is 71.4 Å². The summed E-state index contributed by atoms with van der Waals surface area (Å²) in [6.07, 6.45) is 4.28. The zero-order valence-corrected chi connectivity index (χ0v) is 12.7.